The predicted molar refractivity (Wildman–Crippen MR) is 115 cm³/mol. The SMILES string of the molecule is CCCN1CCC(NC(=NC)NCC2CCN(C(=O)OC(C)(C)C)CC2)CC1. The van der Waals surface area contributed by atoms with E-state index in [9.17, 15) is 4.79 Å². The van der Waals surface area contributed by atoms with Crippen molar-refractivity contribution in [3.05, 3.63) is 0 Å². The number of hydrogen-bond acceptors (Lipinski definition) is 4. The van der Waals surface area contributed by atoms with Crippen molar-refractivity contribution in [3.63, 3.8) is 0 Å². The summed E-state index contributed by atoms with van der Waals surface area (Å²) < 4.78 is 5.47. The normalized spacial score (nSPS) is 20.9. The number of nitrogens with one attached hydrogen (secondary N) is 2. The van der Waals surface area contributed by atoms with Crippen molar-refractivity contribution in [3.8, 4) is 0 Å². The van der Waals surface area contributed by atoms with Crippen LogP contribution in [0.5, 0.6) is 0 Å². The maximum atomic E-state index is 12.2. The fourth-order valence-electron chi connectivity index (χ4n) is 3.89. The maximum absolute atomic E-state index is 12.2. The third kappa shape index (κ3) is 7.86. The van der Waals surface area contributed by atoms with Crippen LogP contribution < -0.4 is 10.6 Å². The Labute approximate surface area is 171 Å². The lowest BCUT2D eigenvalue weighted by atomic mass is 9.97. The van der Waals surface area contributed by atoms with E-state index >= 15 is 0 Å². The summed E-state index contributed by atoms with van der Waals surface area (Å²) in [5, 5.41) is 7.08. The molecule has 0 aliphatic carbocycles. The van der Waals surface area contributed by atoms with Crippen molar-refractivity contribution in [2.45, 2.75) is 71.4 Å². The third-order valence-corrected chi connectivity index (χ3v) is 5.52. The van der Waals surface area contributed by atoms with Gasteiger partial charge in [-0.1, -0.05) is 6.92 Å². The van der Waals surface area contributed by atoms with E-state index in [1.54, 1.807) is 0 Å². The number of aliphatic imine (C=N–C) groups is 1. The Kier molecular flexibility index (Phi) is 8.86. The average molecular weight is 396 g/mol. The van der Waals surface area contributed by atoms with E-state index < -0.39 is 5.60 Å². The monoisotopic (exact) mass is 395 g/mol. The first kappa shape index (κ1) is 22.8. The largest absolute Gasteiger partial charge is 0.444 e. The molecular formula is C21H41N5O2. The van der Waals surface area contributed by atoms with Gasteiger partial charge in [0.1, 0.15) is 5.60 Å². The first-order valence-electron chi connectivity index (χ1n) is 11.0. The summed E-state index contributed by atoms with van der Waals surface area (Å²) in [4.78, 5) is 21.0. The Morgan fingerprint density at radius 2 is 1.75 bits per heavy atom. The zero-order chi connectivity index (χ0) is 20.6. The number of ether oxygens (including phenoxy) is 1. The van der Waals surface area contributed by atoms with Crippen LogP contribution >= 0.6 is 0 Å². The molecule has 1 amide bonds. The van der Waals surface area contributed by atoms with Crippen molar-refractivity contribution in [2.75, 3.05) is 46.3 Å². The number of hydrogen-bond donors (Lipinski definition) is 2. The van der Waals surface area contributed by atoms with Crippen molar-refractivity contribution in [2.24, 2.45) is 10.9 Å². The highest BCUT2D eigenvalue weighted by Gasteiger charge is 2.27. The number of carbonyl (C=O) groups is 1. The lowest BCUT2D eigenvalue weighted by molar-refractivity contribution is 0.0185. The fraction of sp³-hybridized carbons (Fsp3) is 0.905. The van der Waals surface area contributed by atoms with E-state index in [-0.39, 0.29) is 6.09 Å². The Balaban J connectivity index is 1.66. The van der Waals surface area contributed by atoms with Gasteiger partial charge in [0.25, 0.3) is 0 Å². The molecule has 2 aliphatic rings. The molecule has 0 bridgehead atoms. The second-order valence-corrected chi connectivity index (χ2v) is 9.12. The van der Waals surface area contributed by atoms with Gasteiger partial charge in [0, 0.05) is 45.8 Å². The van der Waals surface area contributed by atoms with Crippen molar-refractivity contribution < 1.29 is 9.53 Å². The quantitative estimate of drug-likeness (QED) is 0.553. The molecule has 0 spiro atoms. The van der Waals surface area contributed by atoms with Crippen LogP contribution in [0.3, 0.4) is 0 Å². The van der Waals surface area contributed by atoms with Gasteiger partial charge in [0.05, 0.1) is 0 Å². The van der Waals surface area contributed by atoms with E-state index in [1.807, 2.05) is 32.7 Å². The van der Waals surface area contributed by atoms with Crippen LogP contribution in [-0.4, -0.2) is 79.8 Å². The smallest absolute Gasteiger partial charge is 0.410 e. The fourth-order valence-corrected chi connectivity index (χ4v) is 3.89. The molecule has 0 radical (unpaired) electrons. The highest BCUT2D eigenvalue weighted by atomic mass is 16.6. The number of likely N-dealkylation sites (tertiary alicyclic amines) is 2. The molecule has 2 heterocycles. The standard InChI is InChI=1S/C21H41N5O2/c1-6-11-25-12-9-18(10-13-25)24-19(22-5)23-16-17-7-14-26(15-8-17)20(27)28-21(2,3)4/h17-18H,6-16H2,1-5H3,(H2,22,23,24). The first-order valence-corrected chi connectivity index (χ1v) is 11.0. The summed E-state index contributed by atoms with van der Waals surface area (Å²) in [7, 11) is 1.84. The van der Waals surface area contributed by atoms with E-state index in [2.05, 4.69) is 27.4 Å². The van der Waals surface area contributed by atoms with Crippen LogP contribution in [0.25, 0.3) is 0 Å². The van der Waals surface area contributed by atoms with Gasteiger partial charge >= 0.3 is 6.09 Å². The summed E-state index contributed by atoms with van der Waals surface area (Å²) in [6.07, 6.45) is 5.39. The van der Waals surface area contributed by atoms with E-state index in [0.717, 1.165) is 38.4 Å². The molecule has 7 nitrogen and oxygen atoms in total. The van der Waals surface area contributed by atoms with Gasteiger partial charge in [0.15, 0.2) is 5.96 Å². The minimum atomic E-state index is -0.430. The molecular weight excluding hydrogens is 354 g/mol. The number of rotatable bonds is 5. The molecule has 2 N–H and O–H groups in total. The number of amides is 1. The molecule has 0 atom stereocenters. The van der Waals surface area contributed by atoms with Crippen LogP contribution in [0.15, 0.2) is 4.99 Å². The van der Waals surface area contributed by atoms with E-state index in [1.165, 1.54) is 38.9 Å². The Morgan fingerprint density at radius 1 is 1.11 bits per heavy atom. The molecule has 0 unspecified atom stereocenters. The zero-order valence-corrected chi connectivity index (χ0v) is 18.6. The molecule has 28 heavy (non-hydrogen) atoms. The molecule has 0 saturated carbocycles. The highest BCUT2D eigenvalue weighted by molar-refractivity contribution is 5.80. The molecule has 2 saturated heterocycles. The maximum Gasteiger partial charge on any atom is 0.410 e. The van der Waals surface area contributed by atoms with Gasteiger partial charge in [-0.3, -0.25) is 4.99 Å². The van der Waals surface area contributed by atoms with Crippen LogP contribution in [-0.2, 0) is 4.74 Å². The zero-order valence-electron chi connectivity index (χ0n) is 18.6. The van der Waals surface area contributed by atoms with Crippen LogP contribution in [0, 0.1) is 5.92 Å². The Morgan fingerprint density at radius 3 is 2.29 bits per heavy atom. The molecule has 2 fully saturated rings. The summed E-state index contributed by atoms with van der Waals surface area (Å²) in [5.74, 6) is 1.46. The van der Waals surface area contributed by atoms with E-state index in [4.69, 9.17) is 4.74 Å². The Bertz CT molecular complexity index is 501. The molecule has 0 aromatic rings. The van der Waals surface area contributed by atoms with Gasteiger partial charge < -0.3 is 25.2 Å². The molecule has 2 rings (SSSR count). The van der Waals surface area contributed by atoms with Crippen molar-refractivity contribution in [1.29, 1.82) is 0 Å². The second kappa shape index (κ2) is 10.9. The second-order valence-electron chi connectivity index (χ2n) is 9.12. The van der Waals surface area contributed by atoms with Gasteiger partial charge in [0.2, 0.25) is 0 Å². The number of carbonyl (C=O) groups excluding carboxylic acids is 1. The summed E-state index contributed by atoms with van der Waals surface area (Å²) >= 11 is 0. The predicted octanol–water partition coefficient (Wildman–Crippen LogP) is 2.67. The van der Waals surface area contributed by atoms with Gasteiger partial charge in [-0.2, -0.15) is 0 Å². The van der Waals surface area contributed by atoms with E-state index in [0.29, 0.717) is 12.0 Å². The van der Waals surface area contributed by atoms with Crippen LogP contribution in [0.1, 0.15) is 59.8 Å². The summed E-state index contributed by atoms with van der Waals surface area (Å²) in [5.41, 5.74) is -0.430. The Hall–Kier alpha value is -1.50. The molecule has 7 heteroatoms. The average Bonchev–Trinajstić information content (AvgIpc) is 2.65. The van der Waals surface area contributed by atoms with Crippen LogP contribution in [0.4, 0.5) is 4.79 Å². The molecule has 2 aliphatic heterocycles. The van der Waals surface area contributed by atoms with Gasteiger partial charge in [-0.05, 0) is 65.3 Å². The molecule has 0 aromatic heterocycles. The van der Waals surface area contributed by atoms with Crippen molar-refractivity contribution >= 4 is 12.1 Å². The topological polar surface area (TPSA) is 69.2 Å². The number of guanidine groups is 1. The summed E-state index contributed by atoms with van der Waals surface area (Å²) in [6, 6.07) is 0.508. The molecule has 0 aromatic carbocycles. The van der Waals surface area contributed by atoms with Crippen molar-refractivity contribution in [1.82, 2.24) is 20.4 Å². The lowest BCUT2D eigenvalue weighted by Gasteiger charge is -2.34. The first-order chi connectivity index (χ1) is 13.3. The minimum absolute atomic E-state index is 0.189. The number of nitrogens with zero attached hydrogens (tertiary/aromatic N) is 3. The molecule has 162 valence electrons. The third-order valence-electron chi connectivity index (χ3n) is 5.52. The van der Waals surface area contributed by atoms with Gasteiger partial charge in [-0.15, -0.1) is 0 Å². The lowest BCUT2D eigenvalue weighted by Crippen LogP contribution is -2.50. The van der Waals surface area contributed by atoms with Crippen LogP contribution in [0.2, 0.25) is 0 Å². The van der Waals surface area contributed by atoms with Gasteiger partial charge in [-0.25, -0.2) is 4.79 Å². The highest BCUT2D eigenvalue weighted by Crippen LogP contribution is 2.19. The minimum Gasteiger partial charge on any atom is -0.444 e. The summed E-state index contributed by atoms with van der Waals surface area (Å²) in [6.45, 7) is 14.0. The number of piperidine rings is 2.